The van der Waals surface area contributed by atoms with Crippen molar-refractivity contribution in [3.05, 3.63) is 29.8 Å². The van der Waals surface area contributed by atoms with Gasteiger partial charge in [-0.15, -0.1) is 0 Å². The highest BCUT2D eigenvalue weighted by molar-refractivity contribution is 7.89. The van der Waals surface area contributed by atoms with Crippen LogP contribution in [0.4, 0.5) is 0 Å². The van der Waals surface area contributed by atoms with Gasteiger partial charge < -0.3 is 4.74 Å². The number of hydrogen-bond donors (Lipinski definition) is 1. The van der Waals surface area contributed by atoms with Crippen molar-refractivity contribution in [2.45, 2.75) is 38.1 Å². The molecule has 19 heavy (non-hydrogen) atoms. The fourth-order valence-electron chi connectivity index (χ4n) is 1.63. The third-order valence-electron chi connectivity index (χ3n) is 2.43. The molecule has 0 heterocycles. The van der Waals surface area contributed by atoms with Gasteiger partial charge >= 0.3 is 5.97 Å². The lowest BCUT2D eigenvalue weighted by Gasteiger charge is -2.13. The predicted molar refractivity (Wildman–Crippen MR) is 72.2 cm³/mol. The monoisotopic (exact) mass is 285 g/mol. The summed E-state index contributed by atoms with van der Waals surface area (Å²) in [5.74, 6) is -0.415. The molecule has 1 aromatic carbocycles. The van der Waals surface area contributed by atoms with Crippen LogP contribution in [0.1, 0.15) is 25.8 Å². The van der Waals surface area contributed by atoms with E-state index in [1.807, 2.05) is 13.0 Å². The van der Waals surface area contributed by atoms with Crippen LogP contribution in [-0.4, -0.2) is 27.0 Å². The summed E-state index contributed by atoms with van der Waals surface area (Å²) in [5.41, 5.74) is 0.862. The van der Waals surface area contributed by atoms with Gasteiger partial charge in [-0.1, -0.05) is 12.1 Å². The number of nitrogens with one attached hydrogen (secondary N) is 1. The Bertz CT molecular complexity index is 539. The number of sulfonamides is 1. The number of esters is 1. The molecule has 0 aliphatic carbocycles. The van der Waals surface area contributed by atoms with Crippen LogP contribution in [-0.2, 0) is 19.6 Å². The van der Waals surface area contributed by atoms with Crippen molar-refractivity contribution in [2.75, 3.05) is 6.61 Å². The average molecular weight is 285 g/mol. The SMILES string of the molecule is CCOC(=O)CC(C)NS(=O)(=O)c1cccc(C)c1. The van der Waals surface area contributed by atoms with E-state index in [0.29, 0.717) is 0 Å². The topological polar surface area (TPSA) is 72.5 Å². The van der Waals surface area contributed by atoms with Gasteiger partial charge in [0.25, 0.3) is 0 Å². The van der Waals surface area contributed by atoms with Gasteiger partial charge in [0.15, 0.2) is 0 Å². The van der Waals surface area contributed by atoms with Gasteiger partial charge in [0, 0.05) is 6.04 Å². The number of benzene rings is 1. The molecule has 0 saturated heterocycles. The number of carbonyl (C=O) groups is 1. The van der Waals surface area contributed by atoms with Gasteiger partial charge in [-0.25, -0.2) is 13.1 Å². The van der Waals surface area contributed by atoms with Crippen LogP contribution in [0.5, 0.6) is 0 Å². The smallest absolute Gasteiger partial charge is 0.307 e. The molecule has 0 aromatic heterocycles. The number of carbonyl (C=O) groups excluding carboxylic acids is 1. The average Bonchev–Trinajstić information content (AvgIpc) is 2.28. The van der Waals surface area contributed by atoms with Crippen molar-refractivity contribution < 1.29 is 17.9 Å². The molecule has 1 unspecified atom stereocenters. The molecule has 1 atom stereocenters. The van der Waals surface area contributed by atoms with Crippen molar-refractivity contribution in [3.63, 3.8) is 0 Å². The Hall–Kier alpha value is -1.40. The summed E-state index contributed by atoms with van der Waals surface area (Å²) >= 11 is 0. The van der Waals surface area contributed by atoms with Crippen LogP contribution in [0, 0.1) is 6.92 Å². The normalized spacial score (nSPS) is 13.0. The third-order valence-corrected chi connectivity index (χ3v) is 4.02. The number of rotatable bonds is 6. The molecule has 0 saturated carbocycles. The molecule has 0 spiro atoms. The fraction of sp³-hybridized carbons (Fsp3) is 0.462. The molecule has 6 heteroatoms. The van der Waals surface area contributed by atoms with Gasteiger partial charge in [0.2, 0.25) is 10.0 Å². The molecule has 106 valence electrons. The highest BCUT2D eigenvalue weighted by atomic mass is 32.2. The lowest BCUT2D eigenvalue weighted by molar-refractivity contribution is -0.143. The summed E-state index contributed by atoms with van der Waals surface area (Å²) in [6, 6.07) is 6.09. The predicted octanol–water partition coefficient (Wildman–Crippen LogP) is 1.62. The summed E-state index contributed by atoms with van der Waals surface area (Å²) in [7, 11) is -3.60. The second-order valence-electron chi connectivity index (χ2n) is 4.35. The first-order valence-corrected chi connectivity index (χ1v) is 7.58. The van der Waals surface area contributed by atoms with E-state index in [1.165, 1.54) is 6.07 Å². The van der Waals surface area contributed by atoms with Crippen molar-refractivity contribution in [3.8, 4) is 0 Å². The molecule has 1 N–H and O–H groups in total. The zero-order chi connectivity index (χ0) is 14.5. The Balaban J connectivity index is 2.72. The minimum absolute atomic E-state index is 0.0128. The maximum Gasteiger partial charge on any atom is 0.307 e. The number of aryl methyl sites for hydroxylation is 1. The number of hydrogen-bond acceptors (Lipinski definition) is 4. The standard InChI is InChI=1S/C13H19NO4S/c1-4-18-13(15)9-11(3)14-19(16,17)12-7-5-6-10(2)8-12/h5-8,11,14H,4,9H2,1-3H3. The quantitative estimate of drug-likeness (QED) is 0.806. The zero-order valence-electron chi connectivity index (χ0n) is 11.3. The second-order valence-corrected chi connectivity index (χ2v) is 6.06. The Morgan fingerprint density at radius 1 is 1.42 bits per heavy atom. The highest BCUT2D eigenvalue weighted by Gasteiger charge is 2.19. The van der Waals surface area contributed by atoms with Crippen molar-refractivity contribution in [1.82, 2.24) is 4.72 Å². The van der Waals surface area contributed by atoms with Crippen molar-refractivity contribution in [1.29, 1.82) is 0 Å². The third kappa shape index (κ3) is 5.00. The van der Waals surface area contributed by atoms with Crippen LogP contribution >= 0.6 is 0 Å². The van der Waals surface area contributed by atoms with E-state index in [1.54, 1.807) is 26.0 Å². The first kappa shape index (κ1) is 15.7. The van der Waals surface area contributed by atoms with Crippen LogP contribution in [0.15, 0.2) is 29.2 Å². The van der Waals surface area contributed by atoms with Crippen molar-refractivity contribution >= 4 is 16.0 Å². The summed E-state index contributed by atoms with van der Waals surface area (Å²) in [4.78, 5) is 11.5. The molecule has 5 nitrogen and oxygen atoms in total. The van der Waals surface area contributed by atoms with Gasteiger partial charge in [-0.2, -0.15) is 0 Å². The molecule has 0 bridgehead atoms. The first-order chi connectivity index (χ1) is 8.85. The Kier molecular flexibility index (Phi) is 5.50. The minimum Gasteiger partial charge on any atom is -0.466 e. The van der Waals surface area contributed by atoms with E-state index < -0.39 is 22.0 Å². The molecular weight excluding hydrogens is 266 g/mol. The van der Waals surface area contributed by atoms with E-state index in [-0.39, 0.29) is 17.9 Å². The summed E-state index contributed by atoms with van der Waals surface area (Å²) in [6.45, 7) is 5.45. The molecule has 0 aliphatic rings. The lowest BCUT2D eigenvalue weighted by Crippen LogP contribution is -2.34. The summed E-state index contributed by atoms with van der Waals surface area (Å²) in [6.07, 6.45) is 0.0128. The maximum atomic E-state index is 12.1. The second kappa shape index (κ2) is 6.68. The molecule has 0 radical (unpaired) electrons. The summed E-state index contributed by atoms with van der Waals surface area (Å²) < 4.78 is 31.4. The van der Waals surface area contributed by atoms with E-state index in [2.05, 4.69) is 4.72 Å². The van der Waals surface area contributed by atoms with E-state index in [0.717, 1.165) is 5.56 Å². The zero-order valence-corrected chi connectivity index (χ0v) is 12.2. The molecular formula is C13H19NO4S. The maximum absolute atomic E-state index is 12.1. The largest absolute Gasteiger partial charge is 0.466 e. The van der Waals surface area contributed by atoms with Crippen LogP contribution in [0.25, 0.3) is 0 Å². The Morgan fingerprint density at radius 2 is 2.11 bits per heavy atom. The Labute approximate surface area is 114 Å². The molecule has 1 rings (SSSR count). The van der Waals surface area contributed by atoms with E-state index in [4.69, 9.17) is 4.74 Å². The molecule has 0 amide bonds. The molecule has 1 aromatic rings. The van der Waals surface area contributed by atoms with Crippen LogP contribution in [0.2, 0.25) is 0 Å². The highest BCUT2D eigenvalue weighted by Crippen LogP contribution is 2.11. The first-order valence-electron chi connectivity index (χ1n) is 6.09. The molecule has 0 fully saturated rings. The number of ether oxygens (including phenoxy) is 1. The summed E-state index contributed by atoms with van der Waals surface area (Å²) in [5, 5.41) is 0. The van der Waals surface area contributed by atoms with Gasteiger partial charge in [-0.3, -0.25) is 4.79 Å². The van der Waals surface area contributed by atoms with Crippen LogP contribution < -0.4 is 4.72 Å². The van der Waals surface area contributed by atoms with Crippen molar-refractivity contribution in [2.24, 2.45) is 0 Å². The van der Waals surface area contributed by atoms with E-state index in [9.17, 15) is 13.2 Å². The Morgan fingerprint density at radius 3 is 2.68 bits per heavy atom. The minimum atomic E-state index is -3.60. The molecule has 0 aliphatic heterocycles. The fourth-order valence-corrected chi connectivity index (χ4v) is 2.97. The van der Waals surface area contributed by atoms with E-state index >= 15 is 0 Å². The van der Waals surface area contributed by atoms with Crippen LogP contribution in [0.3, 0.4) is 0 Å². The van der Waals surface area contributed by atoms with Gasteiger partial charge in [0.1, 0.15) is 0 Å². The van der Waals surface area contributed by atoms with Gasteiger partial charge in [-0.05, 0) is 38.5 Å². The lowest BCUT2D eigenvalue weighted by atomic mass is 10.2. The van der Waals surface area contributed by atoms with Gasteiger partial charge in [0.05, 0.1) is 17.9 Å².